The molecule has 2 N–H and O–H groups in total. The molecule has 1 aromatic rings. The minimum Gasteiger partial charge on any atom is -0.272 e. The monoisotopic (exact) mass is 224 g/mol. The van der Waals surface area contributed by atoms with Crippen molar-refractivity contribution in [3.8, 4) is 0 Å². The first kappa shape index (κ1) is 9.46. The van der Waals surface area contributed by atoms with Crippen LogP contribution >= 0.6 is 11.3 Å². The predicted octanol–water partition coefficient (Wildman–Crippen LogP) is -0.418. The van der Waals surface area contributed by atoms with Gasteiger partial charge in [0.05, 0.1) is 0 Å². The topological polar surface area (TPSA) is 101 Å². The first-order chi connectivity index (χ1) is 7.16. The number of carbonyl (C=O) groups is 3. The van der Waals surface area contributed by atoms with E-state index in [9.17, 15) is 14.4 Å². The van der Waals surface area contributed by atoms with Crippen molar-refractivity contribution >= 4 is 40.0 Å². The van der Waals surface area contributed by atoms with Crippen molar-refractivity contribution in [2.75, 3.05) is 0 Å². The standard InChI is InChI=1S/C7H4N4O3S/c12-4-3(5(13)11-6(14)10-4)9-7-8-1-2-15-7/h1-2H,(H2,10,11,12,13,14). The molecule has 0 radical (unpaired) electrons. The van der Waals surface area contributed by atoms with Gasteiger partial charge in [0.15, 0.2) is 5.71 Å². The Labute approximate surface area is 87.2 Å². The van der Waals surface area contributed by atoms with E-state index in [1.807, 2.05) is 10.6 Å². The normalized spacial score (nSPS) is 16.0. The number of barbiturate groups is 1. The molecule has 1 aromatic heterocycles. The maximum Gasteiger partial charge on any atom is 0.328 e. The molecule has 0 atom stereocenters. The van der Waals surface area contributed by atoms with Gasteiger partial charge in [-0.25, -0.2) is 14.8 Å². The molecule has 76 valence electrons. The zero-order valence-corrected chi connectivity index (χ0v) is 8.00. The summed E-state index contributed by atoms with van der Waals surface area (Å²) in [5, 5.41) is 5.75. The third-order valence-corrected chi connectivity index (χ3v) is 2.18. The smallest absolute Gasteiger partial charge is 0.272 e. The molecule has 0 aliphatic carbocycles. The highest BCUT2D eigenvalue weighted by Crippen LogP contribution is 2.15. The second-order valence-electron chi connectivity index (χ2n) is 2.51. The highest BCUT2D eigenvalue weighted by Gasteiger charge is 2.29. The predicted molar refractivity (Wildman–Crippen MR) is 50.9 cm³/mol. The molecule has 0 bridgehead atoms. The van der Waals surface area contributed by atoms with Crippen LogP contribution in [0, 0.1) is 0 Å². The lowest BCUT2D eigenvalue weighted by Crippen LogP contribution is -2.56. The van der Waals surface area contributed by atoms with Gasteiger partial charge in [0.25, 0.3) is 11.8 Å². The molecule has 0 unspecified atom stereocenters. The summed E-state index contributed by atoms with van der Waals surface area (Å²) in [4.78, 5) is 40.6. The van der Waals surface area contributed by atoms with Crippen LogP contribution in [-0.4, -0.2) is 28.5 Å². The third-order valence-electron chi connectivity index (χ3n) is 1.51. The van der Waals surface area contributed by atoms with E-state index in [4.69, 9.17) is 0 Å². The van der Waals surface area contributed by atoms with Crippen molar-refractivity contribution < 1.29 is 14.4 Å². The Morgan fingerprint density at radius 3 is 2.40 bits per heavy atom. The summed E-state index contributed by atoms with van der Waals surface area (Å²) in [5.41, 5.74) is -0.371. The molecule has 2 rings (SSSR count). The van der Waals surface area contributed by atoms with Crippen molar-refractivity contribution in [1.29, 1.82) is 0 Å². The summed E-state index contributed by atoms with van der Waals surface area (Å²) in [7, 11) is 0. The van der Waals surface area contributed by atoms with E-state index in [2.05, 4.69) is 9.98 Å². The molecule has 2 heterocycles. The molecule has 1 saturated heterocycles. The van der Waals surface area contributed by atoms with Gasteiger partial charge in [-0.05, 0) is 0 Å². The molecule has 0 aromatic carbocycles. The van der Waals surface area contributed by atoms with E-state index >= 15 is 0 Å². The van der Waals surface area contributed by atoms with Gasteiger partial charge in [-0.2, -0.15) is 0 Å². The number of amides is 4. The van der Waals surface area contributed by atoms with E-state index in [1.54, 1.807) is 5.38 Å². The van der Waals surface area contributed by atoms with E-state index in [-0.39, 0.29) is 10.8 Å². The van der Waals surface area contributed by atoms with Gasteiger partial charge in [-0.1, -0.05) is 0 Å². The number of aliphatic imine (C=N–C) groups is 1. The number of thiazole rings is 1. The molecule has 15 heavy (non-hydrogen) atoms. The minimum absolute atomic E-state index is 0.282. The fourth-order valence-electron chi connectivity index (χ4n) is 0.927. The number of imide groups is 2. The van der Waals surface area contributed by atoms with E-state index in [0.717, 1.165) is 0 Å². The van der Waals surface area contributed by atoms with E-state index < -0.39 is 17.8 Å². The lowest BCUT2D eigenvalue weighted by atomic mass is 10.3. The Hall–Kier alpha value is -2.09. The Balaban J connectivity index is 2.32. The van der Waals surface area contributed by atoms with Gasteiger partial charge in [-0.3, -0.25) is 20.2 Å². The number of aromatic nitrogens is 1. The Kier molecular flexibility index (Phi) is 2.26. The molecule has 7 nitrogen and oxygen atoms in total. The largest absolute Gasteiger partial charge is 0.328 e. The molecule has 1 aliphatic heterocycles. The van der Waals surface area contributed by atoms with Gasteiger partial charge in [-0.15, -0.1) is 11.3 Å². The third kappa shape index (κ3) is 1.89. The minimum atomic E-state index is -0.844. The summed E-state index contributed by atoms with van der Waals surface area (Å²) in [6.45, 7) is 0. The molecule has 1 aliphatic rings. The van der Waals surface area contributed by atoms with E-state index in [1.165, 1.54) is 17.5 Å². The fraction of sp³-hybridized carbons (Fsp3) is 0. The number of nitrogens with zero attached hydrogens (tertiary/aromatic N) is 2. The number of carbonyl (C=O) groups excluding carboxylic acids is 3. The lowest BCUT2D eigenvalue weighted by Gasteiger charge is -2.11. The first-order valence-corrected chi connectivity index (χ1v) is 4.69. The van der Waals surface area contributed by atoms with Crippen LogP contribution in [0.15, 0.2) is 16.6 Å². The van der Waals surface area contributed by atoms with Gasteiger partial charge >= 0.3 is 6.03 Å². The molecule has 0 saturated carbocycles. The Bertz CT molecular complexity index is 443. The molecular formula is C7H4N4O3S. The summed E-state index contributed by atoms with van der Waals surface area (Å²) >= 11 is 1.18. The highest BCUT2D eigenvalue weighted by atomic mass is 32.1. The van der Waals surface area contributed by atoms with Gasteiger partial charge in [0.1, 0.15) is 0 Å². The summed E-state index contributed by atoms with van der Waals surface area (Å²) < 4.78 is 0. The van der Waals surface area contributed by atoms with Crippen molar-refractivity contribution in [3.05, 3.63) is 11.6 Å². The van der Waals surface area contributed by atoms with Crippen LogP contribution in [0.25, 0.3) is 0 Å². The van der Waals surface area contributed by atoms with Crippen LogP contribution in [0.2, 0.25) is 0 Å². The van der Waals surface area contributed by atoms with Crippen LogP contribution in [-0.2, 0) is 9.59 Å². The zero-order valence-electron chi connectivity index (χ0n) is 7.18. The van der Waals surface area contributed by atoms with Crippen LogP contribution in [0.4, 0.5) is 9.93 Å². The average Bonchev–Trinajstić information content (AvgIpc) is 2.63. The van der Waals surface area contributed by atoms with Crippen molar-refractivity contribution in [2.45, 2.75) is 0 Å². The van der Waals surface area contributed by atoms with Crippen LogP contribution < -0.4 is 10.6 Å². The summed E-state index contributed by atoms with van der Waals surface area (Å²) in [5.74, 6) is -1.64. The molecule has 4 amide bonds. The number of rotatable bonds is 1. The van der Waals surface area contributed by atoms with Gasteiger partial charge in [0.2, 0.25) is 5.13 Å². The first-order valence-electron chi connectivity index (χ1n) is 3.81. The molecule has 0 spiro atoms. The Morgan fingerprint density at radius 1 is 1.20 bits per heavy atom. The van der Waals surface area contributed by atoms with Crippen molar-refractivity contribution in [2.24, 2.45) is 4.99 Å². The van der Waals surface area contributed by atoms with Crippen molar-refractivity contribution in [3.63, 3.8) is 0 Å². The second kappa shape index (κ2) is 3.58. The average molecular weight is 224 g/mol. The Morgan fingerprint density at radius 2 is 1.87 bits per heavy atom. The van der Waals surface area contributed by atoms with Crippen LogP contribution in [0.5, 0.6) is 0 Å². The highest BCUT2D eigenvalue weighted by molar-refractivity contribution is 7.13. The second-order valence-corrected chi connectivity index (χ2v) is 3.39. The number of urea groups is 1. The number of hydrogen-bond acceptors (Lipinski definition) is 6. The molecular weight excluding hydrogens is 220 g/mol. The maximum atomic E-state index is 11.2. The van der Waals surface area contributed by atoms with Crippen LogP contribution in [0.3, 0.4) is 0 Å². The fourth-order valence-corrected chi connectivity index (χ4v) is 1.44. The maximum absolute atomic E-state index is 11.2. The van der Waals surface area contributed by atoms with Crippen LogP contribution in [0.1, 0.15) is 0 Å². The SMILES string of the molecule is O=C1NC(=O)C(=Nc2nccs2)C(=O)N1. The summed E-state index contributed by atoms with van der Waals surface area (Å²) in [6.07, 6.45) is 1.49. The summed E-state index contributed by atoms with van der Waals surface area (Å²) in [6, 6.07) is -0.844. The lowest BCUT2D eigenvalue weighted by molar-refractivity contribution is -0.119. The van der Waals surface area contributed by atoms with Crippen molar-refractivity contribution in [1.82, 2.24) is 15.6 Å². The zero-order chi connectivity index (χ0) is 10.8. The van der Waals surface area contributed by atoms with Gasteiger partial charge < -0.3 is 0 Å². The number of nitrogens with one attached hydrogen (secondary N) is 2. The number of hydrogen-bond donors (Lipinski definition) is 2. The quantitative estimate of drug-likeness (QED) is 0.676. The van der Waals surface area contributed by atoms with Gasteiger partial charge in [0, 0.05) is 11.6 Å². The molecule has 8 heteroatoms. The molecule has 1 fully saturated rings. The van der Waals surface area contributed by atoms with E-state index in [0.29, 0.717) is 0 Å².